The van der Waals surface area contributed by atoms with E-state index in [0.717, 1.165) is 30.8 Å². The van der Waals surface area contributed by atoms with Crippen LogP contribution in [0.25, 0.3) is 0 Å². The lowest BCUT2D eigenvalue weighted by Crippen LogP contribution is -3.14. The molecule has 25 heavy (non-hydrogen) atoms. The minimum absolute atomic E-state index is 0.168. The Morgan fingerprint density at radius 1 is 1.00 bits per heavy atom. The van der Waals surface area contributed by atoms with Crippen LogP contribution < -0.4 is 4.90 Å². The molecule has 0 unspecified atom stereocenters. The molecule has 2 aromatic rings. The number of quaternary nitrogens is 1. The fraction of sp³-hybridized carbons (Fsp3) is 0.455. The first-order valence-corrected chi connectivity index (χ1v) is 10.3. The van der Waals surface area contributed by atoms with E-state index in [9.17, 15) is 0 Å². The van der Waals surface area contributed by atoms with Gasteiger partial charge in [-0.3, -0.25) is 0 Å². The van der Waals surface area contributed by atoms with Gasteiger partial charge in [-0.05, 0) is 48.1 Å². The summed E-state index contributed by atoms with van der Waals surface area (Å²) in [5.41, 5.74) is 4.77. The van der Waals surface area contributed by atoms with E-state index < -0.39 is 0 Å². The van der Waals surface area contributed by atoms with Gasteiger partial charge >= 0.3 is 0 Å². The first-order chi connectivity index (χ1) is 12.3. The van der Waals surface area contributed by atoms with Crippen LogP contribution in [-0.2, 0) is 16.6 Å². The monoisotopic (exact) mass is 400 g/mol. The number of ether oxygens (including phenoxy) is 1. The summed E-state index contributed by atoms with van der Waals surface area (Å²) < 4.78 is 6.71. The largest absolute Gasteiger partial charge is 0.370 e. The molecule has 3 heteroatoms. The van der Waals surface area contributed by atoms with E-state index in [2.05, 4.69) is 64.5 Å². The highest BCUT2D eigenvalue weighted by Gasteiger charge is 2.39. The van der Waals surface area contributed by atoms with Gasteiger partial charge in [-0.15, -0.1) is 0 Å². The molecule has 0 saturated carbocycles. The van der Waals surface area contributed by atoms with Gasteiger partial charge in [-0.1, -0.05) is 52.3 Å². The molecule has 0 aromatic heterocycles. The molecule has 2 nitrogen and oxygen atoms in total. The van der Waals surface area contributed by atoms with Crippen LogP contribution in [0.3, 0.4) is 0 Å². The number of fused-ring (bicyclic) bond motifs is 1. The molecule has 4 rings (SSSR count). The Morgan fingerprint density at radius 2 is 1.76 bits per heavy atom. The summed E-state index contributed by atoms with van der Waals surface area (Å²) in [5.74, 6) is 0. The molecule has 1 heterocycles. The lowest BCUT2D eigenvalue weighted by Gasteiger charge is -2.41. The highest BCUT2D eigenvalue weighted by Crippen LogP contribution is 2.45. The Bertz CT molecular complexity index is 708. The lowest BCUT2D eigenvalue weighted by molar-refractivity contribution is -0.908. The van der Waals surface area contributed by atoms with Crippen LogP contribution in [0.5, 0.6) is 0 Å². The van der Waals surface area contributed by atoms with Crippen molar-refractivity contribution in [3.8, 4) is 0 Å². The molecule has 1 aliphatic heterocycles. The second-order valence-electron chi connectivity index (χ2n) is 7.46. The van der Waals surface area contributed by atoms with Gasteiger partial charge in [0.15, 0.2) is 0 Å². The summed E-state index contributed by atoms with van der Waals surface area (Å²) in [7, 11) is 0. The highest BCUT2D eigenvalue weighted by atomic mass is 79.9. The minimum atomic E-state index is 0.168. The van der Waals surface area contributed by atoms with Crippen molar-refractivity contribution in [1.29, 1.82) is 0 Å². The second kappa shape index (κ2) is 7.61. The smallest absolute Gasteiger partial charge is 0.101 e. The van der Waals surface area contributed by atoms with Gasteiger partial charge in [0.25, 0.3) is 0 Å². The normalized spacial score (nSPS) is 24.0. The van der Waals surface area contributed by atoms with Crippen molar-refractivity contribution in [3.63, 3.8) is 0 Å². The Hall–Kier alpha value is -1.16. The van der Waals surface area contributed by atoms with Crippen LogP contribution in [0.15, 0.2) is 53.0 Å². The maximum atomic E-state index is 5.54. The molecule has 0 spiro atoms. The summed E-state index contributed by atoms with van der Waals surface area (Å²) in [5, 5.41) is 0. The van der Waals surface area contributed by atoms with Gasteiger partial charge in [0.2, 0.25) is 0 Å². The average Bonchev–Trinajstić information content (AvgIpc) is 2.68. The second-order valence-corrected chi connectivity index (χ2v) is 8.38. The number of halogens is 1. The zero-order valence-corrected chi connectivity index (χ0v) is 16.4. The molecule has 0 amide bonds. The number of morpholine rings is 1. The number of aryl methyl sites for hydroxylation is 1. The average molecular weight is 401 g/mol. The van der Waals surface area contributed by atoms with Crippen molar-refractivity contribution in [1.82, 2.24) is 0 Å². The molecule has 1 aliphatic carbocycles. The third kappa shape index (κ3) is 3.55. The summed E-state index contributed by atoms with van der Waals surface area (Å²) in [4.78, 5) is 1.70. The molecular formula is C22H27BrNO+. The van der Waals surface area contributed by atoms with Crippen molar-refractivity contribution >= 4 is 15.9 Å². The van der Waals surface area contributed by atoms with Crippen LogP contribution in [0.4, 0.5) is 0 Å². The maximum absolute atomic E-state index is 5.54. The Labute approximate surface area is 159 Å². The van der Waals surface area contributed by atoms with Crippen LogP contribution in [0.1, 0.15) is 36.0 Å². The minimum Gasteiger partial charge on any atom is -0.370 e. The zero-order chi connectivity index (χ0) is 17.1. The van der Waals surface area contributed by atoms with Crippen molar-refractivity contribution in [3.05, 3.63) is 69.7 Å². The zero-order valence-electron chi connectivity index (χ0n) is 14.8. The standard InChI is InChI=1S/C22H26BrNO/c23-20-9-7-19(8-10-20)22(12-13-24-14-16-25-17-15-24)11-3-5-18-4-1-2-6-21(18)22/h1-2,4,6-10H,3,5,11-17H2/p+1/t22-/m1/s1. The van der Waals surface area contributed by atoms with Gasteiger partial charge in [0, 0.05) is 16.3 Å². The topological polar surface area (TPSA) is 13.7 Å². The van der Waals surface area contributed by atoms with E-state index in [1.807, 2.05) is 0 Å². The predicted octanol–water partition coefficient (Wildman–Crippen LogP) is 3.38. The molecule has 0 bridgehead atoms. The number of hydrogen-bond acceptors (Lipinski definition) is 1. The van der Waals surface area contributed by atoms with E-state index in [-0.39, 0.29) is 5.41 Å². The van der Waals surface area contributed by atoms with Gasteiger partial charge in [-0.2, -0.15) is 0 Å². The molecule has 1 saturated heterocycles. The van der Waals surface area contributed by atoms with Crippen LogP contribution in [-0.4, -0.2) is 32.8 Å². The molecule has 1 atom stereocenters. The van der Waals surface area contributed by atoms with E-state index in [1.165, 1.54) is 37.8 Å². The van der Waals surface area contributed by atoms with Gasteiger partial charge in [0.05, 0.1) is 19.8 Å². The molecule has 2 aliphatic rings. The third-order valence-corrected chi connectivity index (χ3v) is 6.61. The molecule has 1 N–H and O–H groups in total. The number of benzene rings is 2. The Kier molecular flexibility index (Phi) is 5.25. The Morgan fingerprint density at radius 3 is 2.56 bits per heavy atom. The van der Waals surface area contributed by atoms with E-state index in [4.69, 9.17) is 4.74 Å². The van der Waals surface area contributed by atoms with E-state index in [1.54, 1.807) is 16.0 Å². The van der Waals surface area contributed by atoms with Gasteiger partial charge < -0.3 is 9.64 Å². The summed E-state index contributed by atoms with van der Waals surface area (Å²) in [6, 6.07) is 18.2. The summed E-state index contributed by atoms with van der Waals surface area (Å²) >= 11 is 3.60. The first kappa shape index (κ1) is 17.3. The molecule has 0 radical (unpaired) electrons. The van der Waals surface area contributed by atoms with Crippen molar-refractivity contribution < 1.29 is 9.64 Å². The quantitative estimate of drug-likeness (QED) is 0.830. The third-order valence-electron chi connectivity index (χ3n) is 6.08. The van der Waals surface area contributed by atoms with Crippen LogP contribution in [0.2, 0.25) is 0 Å². The molecule has 2 aromatic carbocycles. The summed E-state index contributed by atoms with van der Waals surface area (Å²) in [6.45, 7) is 5.36. The molecular weight excluding hydrogens is 374 g/mol. The molecule has 132 valence electrons. The van der Waals surface area contributed by atoms with Crippen LogP contribution >= 0.6 is 15.9 Å². The molecule has 1 fully saturated rings. The van der Waals surface area contributed by atoms with Crippen molar-refractivity contribution in [2.45, 2.75) is 31.1 Å². The Balaban J connectivity index is 1.70. The van der Waals surface area contributed by atoms with E-state index in [0.29, 0.717) is 0 Å². The predicted molar refractivity (Wildman–Crippen MR) is 105 cm³/mol. The van der Waals surface area contributed by atoms with Crippen molar-refractivity contribution in [2.24, 2.45) is 0 Å². The number of nitrogens with one attached hydrogen (secondary N) is 1. The van der Waals surface area contributed by atoms with Gasteiger partial charge in [0.1, 0.15) is 13.1 Å². The fourth-order valence-electron chi connectivity index (χ4n) is 4.69. The fourth-order valence-corrected chi connectivity index (χ4v) is 4.96. The lowest BCUT2D eigenvalue weighted by atomic mass is 9.64. The highest BCUT2D eigenvalue weighted by molar-refractivity contribution is 9.10. The van der Waals surface area contributed by atoms with E-state index >= 15 is 0 Å². The van der Waals surface area contributed by atoms with Crippen molar-refractivity contribution in [2.75, 3.05) is 32.8 Å². The van der Waals surface area contributed by atoms with Gasteiger partial charge in [-0.25, -0.2) is 0 Å². The SMILES string of the molecule is Brc1ccc([C@]2(CC[NH+]3CCOCC3)CCCc3ccccc32)cc1. The number of rotatable bonds is 4. The van der Waals surface area contributed by atoms with Crippen LogP contribution in [0, 0.1) is 0 Å². The summed E-state index contributed by atoms with van der Waals surface area (Å²) in [6.07, 6.45) is 4.99. The maximum Gasteiger partial charge on any atom is 0.101 e. The first-order valence-electron chi connectivity index (χ1n) is 9.54. The number of hydrogen-bond donors (Lipinski definition) is 1.